The third-order valence-corrected chi connectivity index (χ3v) is 10.8. The minimum Gasteiger partial charge on any atom is -0.393 e. The SMILES string of the molecule is CC(C)=CC=C[C@@H](C)[C@H]1CC[C@@]2(C)C3=CCC4C(C)(C)C(O)CC[C@]4(C)C3=CC[C@]12C. The van der Waals surface area contributed by atoms with Crippen LogP contribution in [0.5, 0.6) is 0 Å². The molecule has 0 aromatic carbocycles. The molecule has 0 bridgehead atoms. The first kappa shape index (κ1) is 23.1. The molecule has 4 rings (SSSR count). The zero-order chi connectivity index (χ0) is 22.8. The summed E-state index contributed by atoms with van der Waals surface area (Å²) < 4.78 is 0. The zero-order valence-corrected chi connectivity index (χ0v) is 21.4. The second-order valence-electron chi connectivity index (χ2n) is 12.9. The van der Waals surface area contributed by atoms with Crippen LogP contribution in [0.15, 0.2) is 47.1 Å². The Hall–Kier alpha value is -1.08. The van der Waals surface area contributed by atoms with Crippen LogP contribution in [0.3, 0.4) is 0 Å². The minimum absolute atomic E-state index is 0.0139. The lowest BCUT2D eigenvalue weighted by Crippen LogP contribution is -2.54. The maximum atomic E-state index is 10.8. The lowest BCUT2D eigenvalue weighted by Gasteiger charge is -2.61. The molecule has 172 valence electrons. The van der Waals surface area contributed by atoms with Crippen molar-refractivity contribution >= 4 is 0 Å². The average Bonchev–Trinajstić information content (AvgIpc) is 2.96. The molecule has 4 aliphatic rings. The summed E-state index contributed by atoms with van der Waals surface area (Å²) in [7, 11) is 0. The van der Waals surface area contributed by atoms with Crippen LogP contribution < -0.4 is 0 Å². The van der Waals surface area contributed by atoms with Gasteiger partial charge in [-0.1, -0.05) is 77.5 Å². The van der Waals surface area contributed by atoms with E-state index in [0.29, 0.717) is 17.3 Å². The quantitative estimate of drug-likeness (QED) is 0.456. The Bertz CT molecular complexity index is 850. The molecular formula is C30H46O. The number of rotatable bonds is 3. The van der Waals surface area contributed by atoms with Gasteiger partial charge in [0.15, 0.2) is 0 Å². The maximum Gasteiger partial charge on any atom is 0.0594 e. The smallest absolute Gasteiger partial charge is 0.0594 e. The van der Waals surface area contributed by atoms with E-state index in [-0.39, 0.29) is 22.3 Å². The standard InChI is InChI=1S/C30H46O/c1-20(2)10-9-11-21(3)22-14-18-30(8)24-12-13-25-27(4,5)26(31)16-17-28(25,6)23(24)15-19-29(22,30)7/h9-12,15,21-22,25-26,31H,13-14,16-19H2,1-8H3/t21-,22-,25?,26?,28-,29-,30+/m1/s1. The van der Waals surface area contributed by atoms with Crippen molar-refractivity contribution in [3.8, 4) is 0 Å². The van der Waals surface area contributed by atoms with Crippen molar-refractivity contribution in [2.45, 2.75) is 100 Å². The summed E-state index contributed by atoms with van der Waals surface area (Å²) in [4.78, 5) is 0. The summed E-state index contributed by atoms with van der Waals surface area (Å²) in [5, 5.41) is 10.8. The molecule has 1 heteroatoms. The van der Waals surface area contributed by atoms with Crippen LogP contribution in [0.4, 0.5) is 0 Å². The van der Waals surface area contributed by atoms with Gasteiger partial charge in [0.1, 0.15) is 0 Å². The van der Waals surface area contributed by atoms with E-state index in [2.05, 4.69) is 85.8 Å². The van der Waals surface area contributed by atoms with Gasteiger partial charge in [-0.15, -0.1) is 0 Å². The first-order chi connectivity index (χ1) is 14.4. The highest BCUT2D eigenvalue weighted by atomic mass is 16.3. The van der Waals surface area contributed by atoms with E-state index in [0.717, 1.165) is 25.2 Å². The topological polar surface area (TPSA) is 20.2 Å². The van der Waals surface area contributed by atoms with Crippen molar-refractivity contribution in [3.63, 3.8) is 0 Å². The molecule has 0 aliphatic heterocycles. The Morgan fingerprint density at radius 1 is 1.03 bits per heavy atom. The fourth-order valence-corrected chi connectivity index (χ4v) is 8.43. The van der Waals surface area contributed by atoms with Crippen molar-refractivity contribution < 1.29 is 5.11 Å². The van der Waals surface area contributed by atoms with Crippen LogP contribution in [0.1, 0.15) is 93.9 Å². The molecule has 0 radical (unpaired) electrons. The summed E-state index contributed by atoms with van der Waals surface area (Å²) in [6.07, 6.45) is 19.1. The number of allylic oxidation sites excluding steroid dienone is 8. The molecule has 2 fully saturated rings. The lowest BCUT2D eigenvalue weighted by molar-refractivity contribution is -0.0849. The number of hydrogen-bond acceptors (Lipinski definition) is 1. The largest absolute Gasteiger partial charge is 0.393 e. The highest BCUT2D eigenvalue weighted by Crippen LogP contribution is 2.71. The van der Waals surface area contributed by atoms with Crippen LogP contribution in [0.2, 0.25) is 0 Å². The Morgan fingerprint density at radius 3 is 2.42 bits per heavy atom. The number of aliphatic hydroxyl groups excluding tert-OH is 1. The highest BCUT2D eigenvalue weighted by Gasteiger charge is 2.62. The Kier molecular flexibility index (Phi) is 5.57. The van der Waals surface area contributed by atoms with Crippen LogP contribution in [0.25, 0.3) is 0 Å². The molecule has 0 amide bonds. The van der Waals surface area contributed by atoms with Gasteiger partial charge in [-0.2, -0.15) is 0 Å². The highest BCUT2D eigenvalue weighted by molar-refractivity contribution is 5.50. The monoisotopic (exact) mass is 422 g/mol. The first-order valence-corrected chi connectivity index (χ1v) is 12.8. The van der Waals surface area contributed by atoms with Gasteiger partial charge in [0.05, 0.1) is 6.10 Å². The molecule has 4 aliphatic carbocycles. The van der Waals surface area contributed by atoms with Gasteiger partial charge in [-0.3, -0.25) is 0 Å². The van der Waals surface area contributed by atoms with Crippen molar-refractivity contribution in [1.82, 2.24) is 0 Å². The fourth-order valence-electron chi connectivity index (χ4n) is 8.43. The van der Waals surface area contributed by atoms with Crippen LogP contribution in [-0.2, 0) is 0 Å². The van der Waals surface area contributed by atoms with Gasteiger partial charge in [0.2, 0.25) is 0 Å². The molecule has 0 spiro atoms. The summed E-state index contributed by atoms with van der Waals surface area (Å²) >= 11 is 0. The maximum absolute atomic E-state index is 10.8. The molecule has 31 heavy (non-hydrogen) atoms. The Balaban J connectivity index is 1.70. The van der Waals surface area contributed by atoms with E-state index in [4.69, 9.17) is 0 Å². The number of fused-ring (bicyclic) bond motifs is 5. The normalized spacial score (nSPS) is 44.6. The van der Waals surface area contributed by atoms with Crippen molar-refractivity contribution in [2.24, 2.45) is 39.4 Å². The molecule has 7 atom stereocenters. The third kappa shape index (κ3) is 3.20. The molecule has 2 saturated carbocycles. The minimum atomic E-state index is -0.171. The average molecular weight is 423 g/mol. The van der Waals surface area contributed by atoms with Gasteiger partial charge < -0.3 is 5.11 Å². The summed E-state index contributed by atoms with van der Waals surface area (Å²) in [6, 6.07) is 0. The van der Waals surface area contributed by atoms with E-state index in [1.165, 1.54) is 24.8 Å². The predicted molar refractivity (Wildman–Crippen MR) is 133 cm³/mol. The molecule has 1 nitrogen and oxygen atoms in total. The van der Waals surface area contributed by atoms with E-state index in [9.17, 15) is 5.11 Å². The van der Waals surface area contributed by atoms with Crippen LogP contribution in [-0.4, -0.2) is 11.2 Å². The van der Waals surface area contributed by atoms with E-state index < -0.39 is 0 Å². The van der Waals surface area contributed by atoms with Gasteiger partial charge in [0.25, 0.3) is 0 Å². The molecular weight excluding hydrogens is 376 g/mol. The Labute approximate surface area is 191 Å². The van der Waals surface area contributed by atoms with E-state index in [1.807, 2.05) is 0 Å². The molecule has 1 N–H and O–H groups in total. The zero-order valence-electron chi connectivity index (χ0n) is 21.4. The van der Waals surface area contributed by atoms with Gasteiger partial charge in [-0.05, 0) is 103 Å². The van der Waals surface area contributed by atoms with Crippen LogP contribution >= 0.6 is 0 Å². The van der Waals surface area contributed by atoms with Gasteiger partial charge in [-0.25, -0.2) is 0 Å². The van der Waals surface area contributed by atoms with Gasteiger partial charge in [0, 0.05) is 0 Å². The summed E-state index contributed by atoms with van der Waals surface area (Å²) in [5.74, 6) is 1.87. The number of hydrogen-bond donors (Lipinski definition) is 1. The van der Waals surface area contributed by atoms with Crippen molar-refractivity contribution in [1.29, 1.82) is 0 Å². The molecule has 2 unspecified atom stereocenters. The fraction of sp³-hybridized carbons (Fsp3) is 0.733. The predicted octanol–water partition coefficient (Wildman–Crippen LogP) is 8.03. The first-order valence-electron chi connectivity index (χ1n) is 12.8. The second-order valence-corrected chi connectivity index (χ2v) is 12.9. The lowest BCUT2D eigenvalue weighted by atomic mass is 9.44. The third-order valence-electron chi connectivity index (χ3n) is 10.8. The van der Waals surface area contributed by atoms with E-state index >= 15 is 0 Å². The van der Waals surface area contributed by atoms with Crippen molar-refractivity contribution in [3.05, 3.63) is 47.1 Å². The summed E-state index contributed by atoms with van der Waals surface area (Å²) in [5.41, 5.74) is 5.49. The molecule has 0 aromatic heterocycles. The molecule has 0 heterocycles. The molecule has 0 aromatic rings. The van der Waals surface area contributed by atoms with E-state index in [1.54, 1.807) is 11.1 Å². The number of aliphatic hydroxyl groups is 1. The second kappa shape index (κ2) is 7.47. The Morgan fingerprint density at radius 2 is 1.74 bits per heavy atom. The summed E-state index contributed by atoms with van der Waals surface area (Å²) in [6.45, 7) is 19.1. The van der Waals surface area contributed by atoms with Crippen LogP contribution in [0, 0.1) is 39.4 Å². The molecule has 0 saturated heterocycles. The van der Waals surface area contributed by atoms with Gasteiger partial charge >= 0.3 is 0 Å². The van der Waals surface area contributed by atoms with Crippen molar-refractivity contribution in [2.75, 3.05) is 0 Å².